The maximum atomic E-state index is 13.5. The molecule has 10 heteroatoms. The van der Waals surface area contributed by atoms with Gasteiger partial charge in [0.25, 0.3) is 0 Å². The van der Waals surface area contributed by atoms with E-state index in [9.17, 15) is 27.6 Å². The maximum absolute atomic E-state index is 13.5. The van der Waals surface area contributed by atoms with Crippen molar-refractivity contribution in [3.8, 4) is 0 Å². The summed E-state index contributed by atoms with van der Waals surface area (Å²) in [6.07, 6.45) is 0. The van der Waals surface area contributed by atoms with Gasteiger partial charge in [-0.25, -0.2) is 13.2 Å². The predicted molar refractivity (Wildman–Crippen MR) is 88.8 cm³/mol. The molecule has 0 fully saturated rings. The Morgan fingerprint density at radius 3 is 2.12 bits per heavy atom. The van der Waals surface area contributed by atoms with E-state index < -0.39 is 41.5 Å². The number of hydrogen-bond donors (Lipinski definition) is 3. The topological polar surface area (TPSA) is 90.5 Å². The van der Waals surface area contributed by atoms with E-state index in [0.29, 0.717) is 19.2 Å². The number of anilines is 1. The lowest BCUT2D eigenvalue weighted by molar-refractivity contribution is -0.126. The van der Waals surface area contributed by atoms with Crippen molar-refractivity contribution in [3.05, 3.63) is 29.6 Å². The Balaban J connectivity index is 2.47. The molecule has 26 heavy (non-hydrogen) atoms. The monoisotopic (exact) mass is 374 g/mol. The summed E-state index contributed by atoms with van der Waals surface area (Å²) in [6, 6.07) is 1.55. The molecule has 0 heterocycles. The molecular weight excluding hydrogens is 353 g/mol. The Labute approximate surface area is 148 Å². The summed E-state index contributed by atoms with van der Waals surface area (Å²) in [5, 5.41) is 6.95. The third-order valence-corrected chi connectivity index (χ3v) is 3.31. The number of rotatable bonds is 9. The highest BCUT2D eigenvalue weighted by molar-refractivity contribution is 5.94. The van der Waals surface area contributed by atoms with Crippen LogP contribution < -0.4 is 16.0 Å². The molecule has 0 saturated carbocycles. The van der Waals surface area contributed by atoms with E-state index in [2.05, 4.69) is 10.6 Å². The molecule has 0 aliphatic carbocycles. The molecule has 1 aromatic carbocycles. The minimum atomic E-state index is -1.70. The van der Waals surface area contributed by atoms with Crippen molar-refractivity contribution in [2.75, 3.05) is 38.0 Å². The molecule has 0 spiro atoms. The van der Waals surface area contributed by atoms with Crippen molar-refractivity contribution in [3.63, 3.8) is 0 Å². The second-order valence-electron chi connectivity index (χ2n) is 5.30. The van der Waals surface area contributed by atoms with Gasteiger partial charge in [0.05, 0.1) is 25.3 Å². The molecular formula is C16H21F3N4O3. The number of amides is 3. The summed E-state index contributed by atoms with van der Waals surface area (Å²) in [5.74, 6) is -6.15. The molecule has 1 aromatic rings. The number of likely N-dealkylation sites (N-methyl/N-ethyl adjacent to an activating group) is 2. The van der Waals surface area contributed by atoms with Crippen LogP contribution in [0.15, 0.2) is 12.1 Å². The zero-order valence-electron chi connectivity index (χ0n) is 14.5. The third-order valence-electron chi connectivity index (χ3n) is 3.31. The van der Waals surface area contributed by atoms with Gasteiger partial charge in [0.1, 0.15) is 0 Å². The Morgan fingerprint density at radius 2 is 1.54 bits per heavy atom. The summed E-state index contributed by atoms with van der Waals surface area (Å²) >= 11 is 0. The van der Waals surface area contributed by atoms with E-state index in [1.807, 2.05) is 5.32 Å². The quantitative estimate of drug-likeness (QED) is 0.553. The normalized spacial score (nSPS) is 10.5. The van der Waals surface area contributed by atoms with E-state index in [1.165, 1.54) is 0 Å². The van der Waals surface area contributed by atoms with Gasteiger partial charge in [-0.15, -0.1) is 0 Å². The Hall–Kier alpha value is -2.62. The van der Waals surface area contributed by atoms with E-state index in [0.717, 1.165) is 6.07 Å². The Kier molecular flexibility index (Phi) is 8.56. The molecule has 144 valence electrons. The summed E-state index contributed by atoms with van der Waals surface area (Å²) in [6.45, 7) is 3.89. The van der Waals surface area contributed by atoms with Gasteiger partial charge in [-0.1, -0.05) is 6.92 Å². The molecule has 0 radical (unpaired) electrons. The number of benzene rings is 1. The molecule has 3 amide bonds. The number of carbonyl (C=O) groups is 3. The number of halogens is 3. The summed E-state index contributed by atoms with van der Waals surface area (Å²) in [4.78, 5) is 36.6. The molecule has 0 unspecified atom stereocenters. The van der Waals surface area contributed by atoms with Crippen LogP contribution in [0.2, 0.25) is 0 Å². The molecule has 0 aliphatic heterocycles. The lowest BCUT2D eigenvalue weighted by atomic mass is 10.2. The molecule has 1 rings (SSSR count). The first-order chi connectivity index (χ1) is 12.3. The molecule has 3 N–H and O–H groups in total. The van der Waals surface area contributed by atoms with Gasteiger partial charge < -0.3 is 16.0 Å². The first kappa shape index (κ1) is 21.4. The molecule has 0 bridgehead atoms. The van der Waals surface area contributed by atoms with Gasteiger partial charge in [0.15, 0.2) is 17.5 Å². The van der Waals surface area contributed by atoms with E-state index in [-0.39, 0.29) is 19.0 Å². The van der Waals surface area contributed by atoms with Gasteiger partial charge in [-0.05, 0) is 25.6 Å². The third kappa shape index (κ3) is 6.71. The van der Waals surface area contributed by atoms with Crippen LogP contribution in [-0.4, -0.2) is 55.3 Å². The van der Waals surface area contributed by atoms with Gasteiger partial charge in [0.2, 0.25) is 17.7 Å². The zero-order chi connectivity index (χ0) is 19.7. The SMILES string of the molecule is CCNC(=O)CN(CC)CC(=O)NCC(=O)Nc1ccc(F)c(F)c1F. The summed E-state index contributed by atoms with van der Waals surface area (Å²) < 4.78 is 39.4. The highest BCUT2D eigenvalue weighted by atomic mass is 19.2. The first-order valence-electron chi connectivity index (χ1n) is 7.97. The molecule has 7 nitrogen and oxygen atoms in total. The van der Waals surface area contributed by atoms with Crippen LogP contribution in [0.25, 0.3) is 0 Å². The smallest absolute Gasteiger partial charge is 0.243 e. The average Bonchev–Trinajstić information content (AvgIpc) is 2.60. The highest BCUT2D eigenvalue weighted by Crippen LogP contribution is 2.19. The van der Waals surface area contributed by atoms with Crippen LogP contribution in [0.1, 0.15) is 13.8 Å². The van der Waals surface area contributed by atoms with Crippen molar-refractivity contribution in [1.82, 2.24) is 15.5 Å². The van der Waals surface area contributed by atoms with Crippen LogP contribution in [0.4, 0.5) is 18.9 Å². The largest absolute Gasteiger partial charge is 0.355 e. The lowest BCUT2D eigenvalue weighted by Crippen LogP contribution is -2.44. The van der Waals surface area contributed by atoms with E-state index >= 15 is 0 Å². The van der Waals surface area contributed by atoms with E-state index in [4.69, 9.17) is 0 Å². The van der Waals surface area contributed by atoms with Crippen molar-refractivity contribution in [2.24, 2.45) is 0 Å². The van der Waals surface area contributed by atoms with Crippen molar-refractivity contribution >= 4 is 23.4 Å². The molecule has 0 atom stereocenters. The second-order valence-corrected chi connectivity index (χ2v) is 5.30. The van der Waals surface area contributed by atoms with Crippen LogP contribution in [0, 0.1) is 17.5 Å². The summed E-state index contributed by atoms with van der Waals surface area (Å²) in [5.41, 5.74) is -0.533. The van der Waals surface area contributed by atoms with Gasteiger partial charge in [0, 0.05) is 6.54 Å². The minimum absolute atomic E-state index is 0.0318. The van der Waals surface area contributed by atoms with Crippen molar-refractivity contribution in [2.45, 2.75) is 13.8 Å². The fourth-order valence-electron chi connectivity index (χ4n) is 1.99. The standard InChI is InChI=1S/C16H21F3N4O3/c1-3-20-13(25)8-23(4-2)9-14(26)21-7-12(24)22-11-6-5-10(17)15(18)16(11)19/h5-6H,3-4,7-9H2,1-2H3,(H,20,25)(H,21,26)(H,22,24). The number of carbonyl (C=O) groups excluding carboxylic acids is 3. The fourth-order valence-corrected chi connectivity index (χ4v) is 1.99. The molecule has 0 saturated heterocycles. The predicted octanol–water partition coefficient (Wildman–Crippen LogP) is 0.617. The zero-order valence-corrected chi connectivity index (χ0v) is 14.5. The van der Waals surface area contributed by atoms with Crippen LogP contribution in [0.5, 0.6) is 0 Å². The van der Waals surface area contributed by atoms with Crippen LogP contribution in [0.3, 0.4) is 0 Å². The van der Waals surface area contributed by atoms with Crippen molar-refractivity contribution in [1.29, 1.82) is 0 Å². The second kappa shape index (κ2) is 10.4. The van der Waals surface area contributed by atoms with Crippen LogP contribution >= 0.6 is 0 Å². The lowest BCUT2D eigenvalue weighted by Gasteiger charge is -2.19. The summed E-state index contributed by atoms with van der Waals surface area (Å²) in [7, 11) is 0. The van der Waals surface area contributed by atoms with Crippen LogP contribution in [-0.2, 0) is 14.4 Å². The van der Waals surface area contributed by atoms with E-state index in [1.54, 1.807) is 18.7 Å². The minimum Gasteiger partial charge on any atom is -0.355 e. The Morgan fingerprint density at radius 1 is 0.923 bits per heavy atom. The fraction of sp³-hybridized carbons (Fsp3) is 0.438. The molecule has 0 aromatic heterocycles. The van der Waals surface area contributed by atoms with Gasteiger partial charge in [-0.2, -0.15) is 0 Å². The first-order valence-corrected chi connectivity index (χ1v) is 7.97. The van der Waals surface area contributed by atoms with Gasteiger partial charge >= 0.3 is 0 Å². The van der Waals surface area contributed by atoms with Gasteiger partial charge in [-0.3, -0.25) is 19.3 Å². The Bertz CT molecular complexity index is 670. The van der Waals surface area contributed by atoms with Crippen molar-refractivity contribution < 1.29 is 27.6 Å². The average molecular weight is 374 g/mol. The molecule has 0 aliphatic rings. The number of nitrogens with one attached hydrogen (secondary N) is 3. The number of nitrogens with zero attached hydrogens (tertiary/aromatic N) is 1. The highest BCUT2D eigenvalue weighted by Gasteiger charge is 2.16. The maximum Gasteiger partial charge on any atom is 0.243 e. The number of hydrogen-bond acceptors (Lipinski definition) is 4.